The first-order chi connectivity index (χ1) is 17.9. The standard InChI is InChI=1S/C31H35N3O2S/c1-4-5-8-24-11-13-26(14-12-24)33-30(35)21-37-29-20-34(28-10-7-6-9-27(28)29)16-15-32-31(36)25-18-22(2)17-23(3)19-25/h6-7,9-14,17-20H,4-5,8,15-16,21H2,1-3H3,(H,32,36)(H,33,35). The number of benzene rings is 3. The van der Waals surface area contributed by atoms with E-state index in [4.69, 9.17) is 0 Å². The first-order valence-electron chi connectivity index (χ1n) is 12.9. The highest BCUT2D eigenvalue weighted by Crippen LogP contribution is 2.30. The van der Waals surface area contributed by atoms with Crippen LogP contribution in [0.4, 0.5) is 5.69 Å². The molecule has 2 amide bonds. The van der Waals surface area contributed by atoms with Crippen molar-refractivity contribution in [1.29, 1.82) is 0 Å². The van der Waals surface area contributed by atoms with Gasteiger partial charge in [0.2, 0.25) is 5.91 Å². The van der Waals surface area contributed by atoms with E-state index in [1.54, 1.807) is 0 Å². The van der Waals surface area contributed by atoms with E-state index in [0.29, 0.717) is 24.4 Å². The normalized spacial score (nSPS) is 11.0. The van der Waals surface area contributed by atoms with Gasteiger partial charge >= 0.3 is 0 Å². The molecule has 6 heteroatoms. The Kier molecular flexibility index (Phi) is 9.07. The predicted octanol–water partition coefficient (Wildman–Crippen LogP) is 6.76. The second-order valence-electron chi connectivity index (χ2n) is 9.47. The summed E-state index contributed by atoms with van der Waals surface area (Å²) in [5.74, 6) is 0.242. The van der Waals surface area contributed by atoms with Crippen LogP contribution in [0.1, 0.15) is 46.8 Å². The van der Waals surface area contributed by atoms with Crippen molar-refractivity contribution in [3.63, 3.8) is 0 Å². The van der Waals surface area contributed by atoms with Crippen molar-refractivity contribution in [2.75, 3.05) is 17.6 Å². The number of aryl methyl sites for hydroxylation is 3. The molecule has 0 aliphatic rings. The van der Waals surface area contributed by atoms with Crippen LogP contribution in [-0.4, -0.2) is 28.7 Å². The first-order valence-corrected chi connectivity index (χ1v) is 13.9. The van der Waals surface area contributed by atoms with Gasteiger partial charge in [-0.2, -0.15) is 0 Å². The van der Waals surface area contributed by atoms with Gasteiger partial charge in [-0.05, 0) is 62.6 Å². The number of thioether (sulfide) groups is 1. The Hall–Kier alpha value is -3.51. The summed E-state index contributed by atoms with van der Waals surface area (Å²) in [6.07, 6.45) is 5.50. The summed E-state index contributed by atoms with van der Waals surface area (Å²) >= 11 is 1.53. The molecular formula is C31H35N3O2S. The second-order valence-corrected chi connectivity index (χ2v) is 10.5. The molecule has 1 heterocycles. The van der Waals surface area contributed by atoms with Crippen LogP contribution >= 0.6 is 11.8 Å². The van der Waals surface area contributed by atoms with Crippen LogP contribution in [0, 0.1) is 13.8 Å². The summed E-state index contributed by atoms with van der Waals surface area (Å²) in [4.78, 5) is 26.3. The highest BCUT2D eigenvalue weighted by molar-refractivity contribution is 8.00. The van der Waals surface area contributed by atoms with Crippen LogP contribution in [0.15, 0.2) is 77.8 Å². The van der Waals surface area contributed by atoms with Crippen molar-refractivity contribution < 1.29 is 9.59 Å². The van der Waals surface area contributed by atoms with Crippen molar-refractivity contribution in [3.8, 4) is 0 Å². The number of unbranched alkanes of at least 4 members (excludes halogenated alkanes) is 1. The van der Waals surface area contributed by atoms with E-state index >= 15 is 0 Å². The highest BCUT2D eigenvalue weighted by atomic mass is 32.2. The van der Waals surface area contributed by atoms with Gasteiger partial charge in [-0.25, -0.2) is 0 Å². The maximum Gasteiger partial charge on any atom is 0.251 e. The molecule has 0 unspecified atom stereocenters. The fourth-order valence-electron chi connectivity index (χ4n) is 4.49. The number of rotatable bonds is 11. The third-order valence-electron chi connectivity index (χ3n) is 6.29. The fourth-order valence-corrected chi connectivity index (χ4v) is 5.38. The van der Waals surface area contributed by atoms with E-state index in [1.807, 2.05) is 50.2 Å². The van der Waals surface area contributed by atoms with Crippen LogP contribution in [-0.2, 0) is 17.8 Å². The van der Waals surface area contributed by atoms with Gasteiger partial charge in [0, 0.05) is 46.3 Å². The average molecular weight is 514 g/mol. The topological polar surface area (TPSA) is 63.1 Å². The van der Waals surface area contributed by atoms with E-state index in [2.05, 4.69) is 58.7 Å². The van der Waals surface area contributed by atoms with Crippen LogP contribution < -0.4 is 10.6 Å². The molecule has 3 aromatic carbocycles. The molecule has 0 bridgehead atoms. The molecule has 0 saturated carbocycles. The third-order valence-corrected chi connectivity index (χ3v) is 7.33. The van der Waals surface area contributed by atoms with E-state index in [9.17, 15) is 9.59 Å². The molecule has 0 atom stereocenters. The number of fused-ring (bicyclic) bond motifs is 1. The van der Waals surface area contributed by atoms with Gasteiger partial charge in [0.05, 0.1) is 5.75 Å². The summed E-state index contributed by atoms with van der Waals surface area (Å²) in [5, 5.41) is 7.16. The SMILES string of the molecule is CCCCc1ccc(NC(=O)CSc2cn(CCNC(=O)c3cc(C)cc(C)c3)c3ccccc23)cc1. The van der Waals surface area contributed by atoms with Gasteiger partial charge in [0.15, 0.2) is 0 Å². The number of carbonyl (C=O) groups is 2. The molecule has 192 valence electrons. The third kappa shape index (κ3) is 7.26. The Balaban J connectivity index is 1.34. The Labute approximate surface area is 223 Å². The first kappa shape index (κ1) is 26.6. The molecule has 4 aromatic rings. The maximum absolute atomic E-state index is 12.6. The van der Waals surface area contributed by atoms with E-state index in [1.165, 1.54) is 30.2 Å². The molecule has 0 aliphatic carbocycles. The Morgan fingerprint density at radius 3 is 2.41 bits per heavy atom. The number of para-hydroxylation sites is 1. The lowest BCUT2D eigenvalue weighted by molar-refractivity contribution is -0.113. The second kappa shape index (κ2) is 12.6. The predicted molar refractivity (Wildman–Crippen MR) is 155 cm³/mol. The summed E-state index contributed by atoms with van der Waals surface area (Å²) in [6, 6.07) is 22.2. The van der Waals surface area contributed by atoms with Gasteiger partial charge in [-0.1, -0.05) is 60.9 Å². The number of aromatic nitrogens is 1. The molecule has 0 fully saturated rings. The lowest BCUT2D eigenvalue weighted by atomic mass is 10.1. The van der Waals surface area contributed by atoms with Crippen LogP contribution in [0.25, 0.3) is 10.9 Å². The molecule has 0 radical (unpaired) electrons. The zero-order chi connectivity index (χ0) is 26.2. The van der Waals surface area contributed by atoms with Gasteiger partial charge in [-0.3, -0.25) is 9.59 Å². The number of hydrogen-bond donors (Lipinski definition) is 2. The molecule has 2 N–H and O–H groups in total. The molecule has 5 nitrogen and oxygen atoms in total. The van der Waals surface area contributed by atoms with Crippen LogP contribution in [0.5, 0.6) is 0 Å². The maximum atomic E-state index is 12.6. The van der Waals surface area contributed by atoms with E-state index in [0.717, 1.165) is 39.0 Å². The van der Waals surface area contributed by atoms with Crippen molar-refractivity contribution in [3.05, 3.63) is 95.2 Å². The Morgan fingerprint density at radius 1 is 0.946 bits per heavy atom. The van der Waals surface area contributed by atoms with Gasteiger partial charge in [-0.15, -0.1) is 11.8 Å². The van der Waals surface area contributed by atoms with E-state index < -0.39 is 0 Å². The molecule has 0 aliphatic heterocycles. The lowest BCUT2D eigenvalue weighted by Gasteiger charge is -2.09. The summed E-state index contributed by atoms with van der Waals surface area (Å²) in [6.45, 7) is 7.35. The molecule has 1 aromatic heterocycles. The van der Waals surface area contributed by atoms with Gasteiger partial charge in [0.1, 0.15) is 0 Å². The molecule has 37 heavy (non-hydrogen) atoms. The average Bonchev–Trinajstić information content (AvgIpc) is 3.24. The number of carbonyl (C=O) groups excluding carboxylic acids is 2. The Morgan fingerprint density at radius 2 is 1.68 bits per heavy atom. The van der Waals surface area contributed by atoms with Crippen LogP contribution in [0.2, 0.25) is 0 Å². The number of nitrogens with one attached hydrogen (secondary N) is 2. The van der Waals surface area contributed by atoms with Gasteiger partial charge in [0.25, 0.3) is 5.91 Å². The van der Waals surface area contributed by atoms with Crippen molar-refractivity contribution >= 4 is 40.2 Å². The fraction of sp³-hybridized carbons (Fsp3) is 0.290. The molecular weight excluding hydrogens is 478 g/mol. The quantitative estimate of drug-likeness (QED) is 0.218. The number of nitrogens with zero attached hydrogens (tertiary/aromatic N) is 1. The van der Waals surface area contributed by atoms with Gasteiger partial charge < -0.3 is 15.2 Å². The highest BCUT2D eigenvalue weighted by Gasteiger charge is 2.12. The number of amides is 2. The summed E-state index contributed by atoms with van der Waals surface area (Å²) in [7, 11) is 0. The minimum absolute atomic E-state index is 0.0242. The summed E-state index contributed by atoms with van der Waals surface area (Å²) < 4.78 is 2.15. The van der Waals surface area contributed by atoms with E-state index in [-0.39, 0.29) is 11.8 Å². The summed E-state index contributed by atoms with van der Waals surface area (Å²) in [5.41, 5.74) is 6.06. The lowest BCUT2D eigenvalue weighted by Crippen LogP contribution is -2.27. The zero-order valence-corrected chi connectivity index (χ0v) is 22.7. The molecule has 0 saturated heterocycles. The zero-order valence-electron chi connectivity index (χ0n) is 21.8. The largest absolute Gasteiger partial charge is 0.350 e. The minimum atomic E-state index is -0.0621. The Bertz CT molecular complexity index is 1350. The van der Waals surface area contributed by atoms with Crippen molar-refractivity contribution in [1.82, 2.24) is 9.88 Å². The smallest absolute Gasteiger partial charge is 0.251 e. The van der Waals surface area contributed by atoms with Crippen molar-refractivity contribution in [2.24, 2.45) is 0 Å². The van der Waals surface area contributed by atoms with Crippen molar-refractivity contribution in [2.45, 2.75) is 51.5 Å². The number of anilines is 1. The van der Waals surface area contributed by atoms with Crippen LogP contribution in [0.3, 0.4) is 0 Å². The number of hydrogen-bond acceptors (Lipinski definition) is 3. The molecule has 4 rings (SSSR count). The minimum Gasteiger partial charge on any atom is -0.350 e. The molecule has 0 spiro atoms. The monoisotopic (exact) mass is 513 g/mol.